The predicted octanol–water partition coefficient (Wildman–Crippen LogP) is 1.42. The van der Waals surface area contributed by atoms with Crippen LogP contribution in [0.3, 0.4) is 0 Å². The van der Waals surface area contributed by atoms with Crippen LogP contribution in [-0.2, 0) is 9.59 Å². The highest BCUT2D eigenvalue weighted by Gasteiger charge is 2.32. The van der Waals surface area contributed by atoms with Crippen molar-refractivity contribution in [3.05, 3.63) is 25.3 Å². The van der Waals surface area contributed by atoms with Gasteiger partial charge in [-0.25, -0.2) is 0 Å². The molecule has 0 heterocycles. The van der Waals surface area contributed by atoms with Crippen molar-refractivity contribution in [3.63, 3.8) is 0 Å². The second-order valence-corrected chi connectivity index (χ2v) is 4.62. The van der Waals surface area contributed by atoms with E-state index < -0.39 is 11.5 Å². The molecular formula is C14H24N2O3. The predicted molar refractivity (Wildman–Crippen MR) is 75.9 cm³/mol. The van der Waals surface area contributed by atoms with E-state index in [-0.39, 0.29) is 12.5 Å². The Balaban J connectivity index is 4.57. The molecule has 1 amide bonds. The van der Waals surface area contributed by atoms with Crippen LogP contribution in [0.5, 0.6) is 0 Å². The number of nitrogens with zero attached hydrogens (tertiary/aromatic N) is 1. The van der Waals surface area contributed by atoms with E-state index in [9.17, 15) is 14.7 Å². The van der Waals surface area contributed by atoms with E-state index >= 15 is 0 Å². The molecule has 1 unspecified atom stereocenters. The Morgan fingerprint density at radius 2 is 1.84 bits per heavy atom. The maximum Gasteiger partial charge on any atom is 0.323 e. The standard InChI is InChI=1S/C14H24N2O3/c1-5-8-14(4,13(18)19)15-11-12(17)16(9-6-2)10-7-3/h6-7,15H,2-3,5,8-11H2,1,4H3,(H,18,19). The van der Waals surface area contributed by atoms with Gasteiger partial charge in [0.15, 0.2) is 0 Å². The minimum Gasteiger partial charge on any atom is -0.480 e. The molecule has 0 aliphatic heterocycles. The van der Waals surface area contributed by atoms with Gasteiger partial charge in [-0.15, -0.1) is 13.2 Å². The molecule has 0 aromatic carbocycles. The van der Waals surface area contributed by atoms with E-state index in [2.05, 4.69) is 18.5 Å². The van der Waals surface area contributed by atoms with Gasteiger partial charge in [-0.2, -0.15) is 0 Å². The van der Waals surface area contributed by atoms with Gasteiger partial charge < -0.3 is 10.0 Å². The van der Waals surface area contributed by atoms with E-state index in [4.69, 9.17) is 0 Å². The summed E-state index contributed by atoms with van der Waals surface area (Å²) >= 11 is 0. The lowest BCUT2D eigenvalue weighted by molar-refractivity contribution is -0.144. The summed E-state index contributed by atoms with van der Waals surface area (Å²) in [5.41, 5.74) is -1.07. The van der Waals surface area contributed by atoms with Gasteiger partial charge in [-0.1, -0.05) is 25.5 Å². The summed E-state index contributed by atoms with van der Waals surface area (Å²) in [6, 6.07) is 0. The molecule has 0 saturated carbocycles. The third-order valence-corrected chi connectivity index (χ3v) is 2.90. The number of carboxylic acids is 1. The second-order valence-electron chi connectivity index (χ2n) is 4.62. The van der Waals surface area contributed by atoms with E-state index in [0.717, 1.165) is 6.42 Å². The van der Waals surface area contributed by atoms with Crippen molar-refractivity contribution in [2.75, 3.05) is 19.6 Å². The van der Waals surface area contributed by atoms with Gasteiger partial charge in [0.1, 0.15) is 5.54 Å². The maximum atomic E-state index is 12.0. The van der Waals surface area contributed by atoms with Gasteiger partial charge in [-0.05, 0) is 13.3 Å². The maximum absolute atomic E-state index is 12.0. The summed E-state index contributed by atoms with van der Waals surface area (Å²) in [7, 11) is 0. The number of hydrogen-bond donors (Lipinski definition) is 2. The molecule has 0 saturated heterocycles. The average molecular weight is 268 g/mol. The number of amides is 1. The largest absolute Gasteiger partial charge is 0.480 e. The summed E-state index contributed by atoms with van der Waals surface area (Å²) in [6.07, 6.45) is 4.46. The molecule has 0 aromatic heterocycles. The Morgan fingerprint density at radius 3 is 2.21 bits per heavy atom. The number of carboxylic acid groups (broad SMARTS) is 1. The van der Waals surface area contributed by atoms with Crippen LogP contribution < -0.4 is 5.32 Å². The number of aliphatic carboxylic acids is 1. The monoisotopic (exact) mass is 268 g/mol. The fourth-order valence-corrected chi connectivity index (χ4v) is 1.74. The van der Waals surface area contributed by atoms with Crippen LogP contribution in [0.25, 0.3) is 0 Å². The number of hydrogen-bond acceptors (Lipinski definition) is 3. The second kappa shape index (κ2) is 8.48. The number of carbonyl (C=O) groups excluding carboxylic acids is 1. The third kappa shape index (κ3) is 5.70. The Hall–Kier alpha value is -1.62. The lowest BCUT2D eigenvalue weighted by Gasteiger charge is -2.27. The van der Waals surface area contributed by atoms with E-state index in [0.29, 0.717) is 19.5 Å². The Morgan fingerprint density at radius 1 is 1.32 bits per heavy atom. The van der Waals surface area contributed by atoms with Crippen molar-refractivity contribution < 1.29 is 14.7 Å². The first-order valence-electron chi connectivity index (χ1n) is 6.39. The fourth-order valence-electron chi connectivity index (χ4n) is 1.74. The first kappa shape index (κ1) is 17.4. The summed E-state index contributed by atoms with van der Waals surface area (Å²) in [5, 5.41) is 12.0. The Labute approximate surface area is 115 Å². The minimum absolute atomic E-state index is 0.00944. The van der Waals surface area contributed by atoms with Crippen molar-refractivity contribution in [2.45, 2.75) is 32.2 Å². The molecule has 5 heteroatoms. The van der Waals surface area contributed by atoms with Crippen molar-refractivity contribution in [2.24, 2.45) is 0 Å². The van der Waals surface area contributed by atoms with Crippen LogP contribution in [0, 0.1) is 0 Å². The first-order chi connectivity index (χ1) is 8.91. The Bertz CT molecular complexity index is 332. The highest BCUT2D eigenvalue weighted by atomic mass is 16.4. The summed E-state index contributed by atoms with van der Waals surface area (Å²) in [4.78, 5) is 24.8. The van der Waals surface area contributed by atoms with Crippen molar-refractivity contribution in [1.29, 1.82) is 0 Å². The molecule has 0 fully saturated rings. The molecule has 108 valence electrons. The quantitative estimate of drug-likeness (QED) is 0.588. The van der Waals surface area contributed by atoms with Crippen LogP contribution in [0.15, 0.2) is 25.3 Å². The summed E-state index contributed by atoms with van der Waals surface area (Å²) < 4.78 is 0. The number of carbonyl (C=O) groups is 2. The van der Waals surface area contributed by atoms with Gasteiger partial charge in [-0.3, -0.25) is 14.9 Å². The molecule has 0 aromatic rings. The zero-order valence-corrected chi connectivity index (χ0v) is 11.8. The van der Waals surface area contributed by atoms with Gasteiger partial charge in [0, 0.05) is 13.1 Å². The van der Waals surface area contributed by atoms with Crippen molar-refractivity contribution in [1.82, 2.24) is 10.2 Å². The van der Waals surface area contributed by atoms with E-state index in [1.165, 1.54) is 0 Å². The minimum atomic E-state index is -1.07. The van der Waals surface area contributed by atoms with E-state index in [1.807, 2.05) is 6.92 Å². The SMILES string of the molecule is C=CCN(CC=C)C(=O)CNC(C)(CCC)C(=O)O. The van der Waals surface area contributed by atoms with Gasteiger partial charge in [0.25, 0.3) is 0 Å². The zero-order valence-electron chi connectivity index (χ0n) is 11.8. The molecule has 0 aliphatic rings. The molecule has 0 bridgehead atoms. The normalized spacial score (nSPS) is 13.4. The van der Waals surface area contributed by atoms with Crippen LogP contribution in [-0.4, -0.2) is 47.1 Å². The molecule has 0 aliphatic carbocycles. The third-order valence-electron chi connectivity index (χ3n) is 2.90. The molecule has 0 radical (unpaired) electrons. The van der Waals surface area contributed by atoms with Gasteiger partial charge in [0.2, 0.25) is 5.91 Å². The highest BCUT2D eigenvalue weighted by Crippen LogP contribution is 2.12. The molecule has 19 heavy (non-hydrogen) atoms. The van der Waals surface area contributed by atoms with Gasteiger partial charge >= 0.3 is 5.97 Å². The van der Waals surface area contributed by atoms with Crippen LogP contribution in [0.2, 0.25) is 0 Å². The fraction of sp³-hybridized carbons (Fsp3) is 0.571. The molecular weight excluding hydrogens is 244 g/mol. The molecule has 2 N–H and O–H groups in total. The molecule has 0 spiro atoms. The topological polar surface area (TPSA) is 69.6 Å². The zero-order chi connectivity index (χ0) is 14.9. The molecule has 0 rings (SSSR count). The van der Waals surface area contributed by atoms with Crippen LogP contribution >= 0.6 is 0 Å². The van der Waals surface area contributed by atoms with Crippen LogP contribution in [0.1, 0.15) is 26.7 Å². The smallest absolute Gasteiger partial charge is 0.323 e. The van der Waals surface area contributed by atoms with Gasteiger partial charge in [0.05, 0.1) is 6.54 Å². The average Bonchev–Trinajstić information content (AvgIpc) is 2.36. The lowest BCUT2D eigenvalue weighted by atomic mass is 9.96. The first-order valence-corrected chi connectivity index (χ1v) is 6.39. The van der Waals surface area contributed by atoms with Crippen molar-refractivity contribution >= 4 is 11.9 Å². The van der Waals surface area contributed by atoms with Crippen molar-refractivity contribution in [3.8, 4) is 0 Å². The number of nitrogens with one attached hydrogen (secondary N) is 1. The summed E-state index contributed by atoms with van der Waals surface area (Å²) in [5.74, 6) is -1.11. The number of rotatable bonds is 10. The summed E-state index contributed by atoms with van der Waals surface area (Å²) in [6.45, 7) is 11.5. The molecule has 5 nitrogen and oxygen atoms in total. The highest BCUT2D eigenvalue weighted by molar-refractivity contribution is 5.82. The van der Waals surface area contributed by atoms with E-state index in [1.54, 1.807) is 24.0 Å². The van der Waals surface area contributed by atoms with Crippen LogP contribution in [0.4, 0.5) is 0 Å². The lowest BCUT2D eigenvalue weighted by Crippen LogP contribution is -2.53. The Kier molecular flexibility index (Phi) is 7.75. The molecule has 1 atom stereocenters.